The number of amides is 1. The number of hydrogen-bond donors (Lipinski definition) is 5. The van der Waals surface area contributed by atoms with Gasteiger partial charge in [-0.05, 0) is 6.42 Å². The second kappa shape index (κ2) is 6.78. The molecular weight excluding hydrogens is 220 g/mol. The van der Waals surface area contributed by atoms with Crippen molar-refractivity contribution in [3.8, 4) is 0 Å². The Kier molecular flexibility index (Phi) is 6.50. The van der Waals surface area contributed by atoms with Crippen LogP contribution in [-0.4, -0.2) is 45.9 Å². The molecule has 2 unspecified atom stereocenters. The zero-order valence-electron chi connectivity index (χ0n) is 8.17. The molecule has 0 fully saturated rings. The fourth-order valence-corrected chi connectivity index (χ4v) is 1.23. The van der Waals surface area contributed by atoms with Gasteiger partial charge in [0.1, 0.15) is 0 Å². The number of primary amides is 1. The molecule has 0 aromatic carbocycles. The first-order valence-electron chi connectivity index (χ1n) is 4.44. The van der Waals surface area contributed by atoms with E-state index in [1.54, 1.807) is 0 Å². The summed E-state index contributed by atoms with van der Waals surface area (Å²) in [5.74, 6) is -1.06. The van der Waals surface area contributed by atoms with Gasteiger partial charge in [0.2, 0.25) is 5.91 Å². The third-order valence-electron chi connectivity index (χ3n) is 1.91. The van der Waals surface area contributed by atoms with E-state index in [9.17, 15) is 9.59 Å². The van der Waals surface area contributed by atoms with Gasteiger partial charge in [-0.15, -0.1) is 0 Å². The highest BCUT2D eigenvalue weighted by Gasteiger charge is 2.27. The van der Waals surface area contributed by atoms with E-state index in [1.165, 1.54) is 0 Å². The summed E-state index contributed by atoms with van der Waals surface area (Å²) >= 11 is 3.83. The molecule has 7 heteroatoms. The molecule has 0 rings (SSSR count). The quantitative estimate of drug-likeness (QED) is 0.321. The lowest BCUT2D eigenvalue weighted by molar-refractivity contribution is -0.122. The minimum Gasteiger partial charge on any atom is -0.394 e. The molecule has 6 nitrogen and oxygen atoms in total. The van der Waals surface area contributed by atoms with Crippen LogP contribution < -0.4 is 11.5 Å². The van der Waals surface area contributed by atoms with Crippen molar-refractivity contribution >= 4 is 24.3 Å². The molecule has 0 aromatic rings. The first kappa shape index (κ1) is 14.4. The number of thiol groups is 1. The van der Waals surface area contributed by atoms with Gasteiger partial charge >= 0.3 is 0 Å². The summed E-state index contributed by atoms with van der Waals surface area (Å²) in [5, 5.41) is 16.7. The number of carbonyl (C=O) groups is 2. The molecule has 0 aliphatic heterocycles. The second-order valence-electron chi connectivity index (χ2n) is 3.21. The van der Waals surface area contributed by atoms with Gasteiger partial charge in [0.05, 0.1) is 24.0 Å². The molecule has 6 N–H and O–H groups in total. The third-order valence-corrected chi connectivity index (χ3v) is 2.51. The number of rotatable bonds is 7. The Hall–Kier alpha value is -0.630. The summed E-state index contributed by atoms with van der Waals surface area (Å²) in [5.41, 5.74) is 10.3. The summed E-state index contributed by atoms with van der Waals surface area (Å²) in [6.45, 7) is -0.567. The lowest BCUT2D eigenvalue weighted by Gasteiger charge is -2.18. The molecule has 0 aliphatic carbocycles. The standard InChI is InChI=1S/C8H16N2O4S/c9-4(1-2-6(10)13)7(14)8(15)5(12)3-11/h4-5,8,11-12,15H,1-3,9H2,(H2,10,13)/t4-,5?,8?/m0/s1. The van der Waals surface area contributed by atoms with Crippen molar-refractivity contribution in [3.05, 3.63) is 0 Å². The molecule has 0 spiro atoms. The summed E-state index contributed by atoms with van der Waals surface area (Å²) in [6, 6.07) is -0.902. The number of carbonyl (C=O) groups excluding carboxylic acids is 2. The van der Waals surface area contributed by atoms with Gasteiger partial charge < -0.3 is 21.7 Å². The Morgan fingerprint density at radius 2 is 1.93 bits per heavy atom. The van der Waals surface area contributed by atoms with Gasteiger partial charge in [-0.25, -0.2) is 0 Å². The van der Waals surface area contributed by atoms with E-state index >= 15 is 0 Å². The molecule has 15 heavy (non-hydrogen) atoms. The minimum atomic E-state index is -1.25. The van der Waals surface area contributed by atoms with Crippen LogP contribution in [0, 0.1) is 0 Å². The van der Waals surface area contributed by atoms with E-state index in [0.717, 1.165) is 0 Å². The number of nitrogens with two attached hydrogens (primary N) is 2. The fourth-order valence-electron chi connectivity index (χ4n) is 0.949. The van der Waals surface area contributed by atoms with E-state index in [1.807, 2.05) is 0 Å². The molecule has 0 radical (unpaired) electrons. The lowest BCUT2D eigenvalue weighted by atomic mass is 10.0. The molecule has 0 aliphatic rings. The van der Waals surface area contributed by atoms with Gasteiger partial charge in [0, 0.05) is 6.42 Å². The van der Waals surface area contributed by atoms with Crippen molar-refractivity contribution in [1.29, 1.82) is 0 Å². The molecule has 0 bridgehead atoms. The van der Waals surface area contributed by atoms with Gasteiger partial charge in [0.15, 0.2) is 5.78 Å². The number of aliphatic hydroxyl groups is 2. The minimum absolute atomic E-state index is 0.00260. The molecule has 3 atom stereocenters. The van der Waals surface area contributed by atoms with Crippen LogP contribution in [0.3, 0.4) is 0 Å². The number of ketones is 1. The Bertz CT molecular complexity index is 237. The predicted octanol–water partition coefficient (Wildman–Crippen LogP) is -2.20. The van der Waals surface area contributed by atoms with E-state index < -0.39 is 35.7 Å². The smallest absolute Gasteiger partial charge is 0.217 e. The number of Topliss-reactive ketones (excluding diaryl/α,β-unsaturated/α-hetero) is 1. The van der Waals surface area contributed by atoms with Gasteiger partial charge in [-0.2, -0.15) is 12.6 Å². The van der Waals surface area contributed by atoms with Gasteiger partial charge in [-0.3, -0.25) is 9.59 Å². The van der Waals surface area contributed by atoms with Crippen LogP contribution in [0.4, 0.5) is 0 Å². The summed E-state index contributed by atoms with van der Waals surface area (Å²) in [7, 11) is 0. The maximum atomic E-state index is 11.4. The summed E-state index contributed by atoms with van der Waals surface area (Å²) in [4.78, 5) is 21.9. The lowest BCUT2D eigenvalue weighted by Crippen LogP contribution is -2.43. The highest BCUT2D eigenvalue weighted by atomic mass is 32.1. The normalized spacial score (nSPS) is 16.8. The molecule has 0 saturated heterocycles. The van der Waals surface area contributed by atoms with E-state index in [-0.39, 0.29) is 12.8 Å². The Labute approximate surface area is 93.0 Å². The van der Waals surface area contributed by atoms with Crippen molar-refractivity contribution in [2.75, 3.05) is 6.61 Å². The second-order valence-corrected chi connectivity index (χ2v) is 3.76. The molecule has 0 heterocycles. The number of aliphatic hydroxyl groups excluding tert-OH is 2. The average molecular weight is 236 g/mol. The Morgan fingerprint density at radius 3 is 2.33 bits per heavy atom. The van der Waals surface area contributed by atoms with Crippen molar-refractivity contribution in [2.24, 2.45) is 11.5 Å². The van der Waals surface area contributed by atoms with Crippen LogP contribution in [0.1, 0.15) is 12.8 Å². The average Bonchev–Trinajstić information content (AvgIpc) is 2.22. The van der Waals surface area contributed by atoms with Crippen LogP contribution in [0.5, 0.6) is 0 Å². The highest BCUT2D eigenvalue weighted by Crippen LogP contribution is 2.08. The van der Waals surface area contributed by atoms with E-state index in [4.69, 9.17) is 21.7 Å². The first-order chi connectivity index (χ1) is 6.90. The molecule has 0 aromatic heterocycles. The van der Waals surface area contributed by atoms with Gasteiger partial charge in [-0.1, -0.05) is 0 Å². The zero-order chi connectivity index (χ0) is 12.0. The molecule has 88 valence electrons. The third kappa shape index (κ3) is 5.12. The van der Waals surface area contributed by atoms with Crippen LogP contribution >= 0.6 is 12.6 Å². The van der Waals surface area contributed by atoms with Gasteiger partial charge in [0.25, 0.3) is 0 Å². The van der Waals surface area contributed by atoms with Crippen molar-refractivity contribution in [1.82, 2.24) is 0 Å². The highest BCUT2D eigenvalue weighted by molar-refractivity contribution is 7.81. The van der Waals surface area contributed by atoms with Crippen LogP contribution in [0.25, 0.3) is 0 Å². The first-order valence-corrected chi connectivity index (χ1v) is 4.96. The maximum absolute atomic E-state index is 11.4. The zero-order valence-corrected chi connectivity index (χ0v) is 9.06. The summed E-state index contributed by atoms with van der Waals surface area (Å²) < 4.78 is 0. The largest absolute Gasteiger partial charge is 0.394 e. The van der Waals surface area contributed by atoms with Crippen molar-refractivity contribution < 1.29 is 19.8 Å². The Balaban J connectivity index is 4.13. The SMILES string of the molecule is NC(=O)CC[C@H](N)C(=O)C(S)C(O)CO. The van der Waals surface area contributed by atoms with E-state index in [2.05, 4.69) is 12.6 Å². The van der Waals surface area contributed by atoms with Crippen molar-refractivity contribution in [3.63, 3.8) is 0 Å². The van der Waals surface area contributed by atoms with Crippen LogP contribution in [-0.2, 0) is 9.59 Å². The molecular formula is C8H16N2O4S. The Morgan fingerprint density at radius 1 is 1.40 bits per heavy atom. The fraction of sp³-hybridized carbons (Fsp3) is 0.750. The summed E-state index contributed by atoms with van der Waals surface area (Å²) in [6.07, 6.45) is -1.13. The predicted molar refractivity (Wildman–Crippen MR) is 57.3 cm³/mol. The molecule has 1 amide bonds. The number of hydrogen-bond acceptors (Lipinski definition) is 6. The van der Waals surface area contributed by atoms with Crippen LogP contribution in [0.15, 0.2) is 0 Å². The van der Waals surface area contributed by atoms with Crippen LogP contribution in [0.2, 0.25) is 0 Å². The monoisotopic (exact) mass is 236 g/mol. The molecule has 0 saturated carbocycles. The van der Waals surface area contributed by atoms with Crippen molar-refractivity contribution in [2.45, 2.75) is 30.2 Å². The maximum Gasteiger partial charge on any atom is 0.217 e. The van der Waals surface area contributed by atoms with E-state index in [0.29, 0.717) is 0 Å². The topological polar surface area (TPSA) is 127 Å².